The van der Waals surface area contributed by atoms with Crippen molar-refractivity contribution in [3.05, 3.63) is 0 Å². The number of hydrogen-bond acceptors (Lipinski definition) is 3. The molecule has 0 fully saturated rings. The van der Waals surface area contributed by atoms with Crippen molar-refractivity contribution in [1.29, 1.82) is 0 Å². The Hall–Kier alpha value is -0.610. The molecule has 0 atom stereocenters. The third-order valence-electron chi connectivity index (χ3n) is 1.60. The maximum atomic E-state index is 11.1. The Kier molecular flexibility index (Phi) is 8.57. The van der Waals surface area contributed by atoms with Crippen molar-refractivity contribution in [3.8, 4) is 0 Å². The molecule has 0 aromatic heterocycles. The lowest BCUT2D eigenvalue weighted by atomic mass is 10.3. The lowest BCUT2D eigenvalue weighted by Crippen LogP contribution is -2.31. The SMILES string of the molecule is CCNCCOCCC(=O)NC(C)C. The number of likely N-dealkylation sites (N-methyl/N-ethyl adjacent to an activating group) is 1. The summed E-state index contributed by atoms with van der Waals surface area (Å²) in [6.45, 7) is 8.93. The molecule has 0 saturated heterocycles. The van der Waals surface area contributed by atoms with Crippen molar-refractivity contribution in [2.45, 2.75) is 33.2 Å². The van der Waals surface area contributed by atoms with Crippen molar-refractivity contribution in [1.82, 2.24) is 10.6 Å². The first-order valence-electron chi connectivity index (χ1n) is 5.24. The summed E-state index contributed by atoms with van der Waals surface area (Å²) < 4.78 is 5.26. The number of rotatable bonds is 8. The van der Waals surface area contributed by atoms with Gasteiger partial charge in [-0.1, -0.05) is 6.92 Å². The zero-order chi connectivity index (χ0) is 10.8. The van der Waals surface area contributed by atoms with Crippen LogP contribution < -0.4 is 10.6 Å². The van der Waals surface area contributed by atoms with Gasteiger partial charge in [-0.25, -0.2) is 0 Å². The number of amides is 1. The van der Waals surface area contributed by atoms with Crippen molar-refractivity contribution in [2.24, 2.45) is 0 Å². The summed E-state index contributed by atoms with van der Waals surface area (Å²) >= 11 is 0. The molecule has 4 nitrogen and oxygen atoms in total. The maximum Gasteiger partial charge on any atom is 0.222 e. The average molecular weight is 202 g/mol. The monoisotopic (exact) mass is 202 g/mol. The van der Waals surface area contributed by atoms with Gasteiger partial charge in [-0.2, -0.15) is 0 Å². The second-order valence-electron chi connectivity index (χ2n) is 3.44. The molecule has 84 valence electrons. The largest absolute Gasteiger partial charge is 0.380 e. The molecule has 0 unspecified atom stereocenters. The minimum Gasteiger partial charge on any atom is -0.380 e. The van der Waals surface area contributed by atoms with E-state index >= 15 is 0 Å². The summed E-state index contributed by atoms with van der Waals surface area (Å²) in [6.07, 6.45) is 0.449. The molecule has 0 heterocycles. The fourth-order valence-electron chi connectivity index (χ4n) is 0.982. The van der Waals surface area contributed by atoms with Crippen LogP contribution in [0.5, 0.6) is 0 Å². The van der Waals surface area contributed by atoms with Gasteiger partial charge in [-0.05, 0) is 20.4 Å². The van der Waals surface area contributed by atoms with Crippen LogP contribution in [0.25, 0.3) is 0 Å². The average Bonchev–Trinajstić information content (AvgIpc) is 2.10. The highest BCUT2D eigenvalue weighted by Gasteiger charge is 2.01. The Balaban J connectivity index is 3.15. The number of carbonyl (C=O) groups is 1. The van der Waals surface area contributed by atoms with E-state index in [2.05, 4.69) is 17.6 Å². The Morgan fingerprint density at radius 2 is 2.07 bits per heavy atom. The van der Waals surface area contributed by atoms with E-state index in [4.69, 9.17) is 4.74 Å². The number of hydrogen-bond donors (Lipinski definition) is 2. The molecule has 0 aliphatic heterocycles. The van der Waals surface area contributed by atoms with Gasteiger partial charge in [0.2, 0.25) is 5.91 Å². The highest BCUT2D eigenvalue weighted by atomic mass is 16.5. The number of carbonyl (C=O) groups excluding carboxylic acids is 1. The van der Waals surface area contributed by atoms with E-state index in [0.717, 1.165) is 13.1 Å². The summed E-state index contributed by atoms with van der Waals surface area (Å²) in [4.78, 5) is 11.1. The molecule has 0 aliphatic carbocycles. The van der Waals surface area contributed by atoms with Gasteiger partial charge in [-0.3, -0.25) is 4.79 Å². The van der Waals surface area contributed by atoms with Crippen molar-refractivity contribution in [3.63, 3.8) is 0 Å². The Morgan fingerprint density at radius 1 is 1.36 bits per heavy atom. The van der Waals surface area contributed by atoms with Crippen molar-refractivity contribution < 1.29 is 9.53 Å². The van der Waals surface area contributed by atoms with Gasteiger partial charge in [0, 0.05) is 19.0 Å². The molecule has 0 aliphatic rings. The normalized spacial score (nSPS) is 10.6. The number of nitrogens with one attached hydrogen (secondary N) is 2. The molecule has 0 aromatic rings. The van der Waals surface area contributed by atoms with E-state index in [0.29, 0.717) is 19.6 Å². The molecule has 1 amide bonds. The predicted molar refractivity (Wildman–Crippen MR) is 57.3 cm³/mol. The molecular weight excluding hydrogens is 180 g/mol. The van der Waals surface area contributed by atoms with E-state index in [1.807, 2.05) is 13.8 Å². The first kappa shape index (κ1) is 13.4. The quantitative estimate of drug-likeness (QED) is 0.564. The van der Waals surface area contributed by atoms with E-state index < -0.39 is 0 Å². The van der Waals surface area contributed by atoms with E-state index in [9.17, 15) is 4.79 Å². The third-order valence-corrected chi connectivity index (χ3v) is 1.60. The maximum absolute atomic E-state index is 11.1. The summed E-state index contributed by atoms with van der Waals surface area (Å²) in [6, 6.07) is 0.212. The standard InChI is InChI=1S/C10H22N2O2/c1-4-11-6-8-14-7-5-10(13)12-9(2)3/h9,11H,4-8H2,1-3H3,(H,12,13). The van der Waals surface area contributed by atoms with Gasteiger partial charge in [0.05, 0.1) is 13.2 Å². The molecule has 2 N–H and O–H groups in total. The topological polar surface area (TPSA) is 50.4 Å². The van der Waals surface area contributed by atoms with Crippen LogP contribution in [0.4, 0.5) is 0 Å². The van der Waals surface area contributed by atoms with E-state index in [1.165, 1.54) is 0 Å². The first-order chi connectivity index (χ1) is 6.66. The predicted octanol–water partition coefficient (Wildman–Crippen LogP) is 0.527. The zero-order valence-corrected chi connectivity index (χ0v) is 9.43. The van der Waals surface area contributed by atoms with E-state index in [-0.39, 0.29) is 11.9 Å². The molecule has 0 bridgehead atoms. The molecule has 0 spiro atoms. The van der Waals surface area contributed by atoms with Crippen LogP contribution in [0.2, 0.25) is 0 Å². The molecule has 14 heavy (non-hydrogen) atoms. The van der Waals surface area contributed by atoms with Crippen molar-refractivity contribution >= 4 is 5.91 Å². The van der Waals surface area contributed by atoms with Gasteiger partial charge in [-0.15, -0.1) is 0 Å². The van der Waals surface area contributed by atoms with Crippen LogP contribution >= 0.6 is 0 Å². The Labute approximate surface area is 86.4 Å². The van der Waals surface area contributed by atoms with Crippen LogP contribution in [-0.4, -0.2) is 38.3 Å². The lowest BCUT2D eigenvalue weighted by molar-refractivity contribution is -0.122. The fourth-order valence-corrected chi connectivity index (χ4v) is 0.982. The Morgan fingerprint density at radius 3 is 2.64 bits per heavy atom. The summed E-state index contributed by atoms with van der Waals surface area (Å²) in [5, 5.41) is 5.95. The first-order valence-corrected chi connectivity index (χ1v) is 5.24. The second kappa shape index (κ2) is 8.97. The van der Waals surface area contributed by atoms with Gasteiger partial charge in [0.15, 0.2) is 0 Å². The van der Waals surface area contributed by atoms with Gasteiger partial charge < -0.3 is 15.4 Å². The van der Waals surface area contributed by atoms with Gasteiger partial charge >= 0.3 is 0 Å². The van der Waals surface area contributed by atoms with Crippen LogP contribution in [0, 0.1) is 0 Å². The summed E-state index contributed by atoms with van der Waals surface area (Å²) in [7, 11) is 0. The highest BCUT2D eigenvalue weighted by molar-refractivity contribution is 5.76. The molecule has 0 rings (SSSR count). The molecular formula is C10H22N2O2. The van der Waals surface area contributed by atoms with Crippen LogP contribution in [-0.2, 0) is 9.53 Å². The van der Waals surface area contributed by atoms with Crippen LogP contribution in [0.15, 0.2) is 0 Å². The lowest BCUT2D eigenvalue weighted by Gasteiger charge is -2.08. The summed E-state index contributed by atoms with van der Waals surface area (Å²) in [5.74, 6) is 0.0588. The van der Waals surface area contributed by atoms with Crippen LogP contribution in [0.3, 0.4) is 0 Å². The molecule has 4 heteroatoms. The molecule has 0 aromatic carbocycles. The third kappa shape index (κ3) is 9.48. The van der Waals surface area contributed by atoms with Crippen molar-refractivity contribution in [2.75, 3.05) is 26.3 Å². The second-order valence-corrected chi connectivity index (χ2v) is 3.44. The zero-order valence-electron chi connectivity index (χ0n) is 9.43. The van der Waals surface area contributed by atoms with E-state index in [1.54, 1.807) is 0 Å². The summed E-state index contributed by atoms with van der Waals surface area (Å²) in [5.41, 5.74) is 0. The minimum atomic E-state index is 0.0588. The number of ether oxygens (including phenoxy) is 1. The van der Waals surface area contributed by atoms with Crippen LogP contribution in [0.1, 0.15) is 27.2 Å². The molecule has 0 saturated carbocycles. The smallest absolute Gasteiger partial charge is 0.222 e. The Bertz CT molecular complexity index is 149. The van der Waals surface area contributed by atoms with Gasteiger partial charge in [0.25, 0.3) is 0 Å². The fraction of sp³-hybridized carbons (Fsp3) is 0.900. The van der Waals surface area contributed by atoms with Gasteiger partial charge in [0.1, 0.15) is 0 Å². The highest BCUT2D eigenvalue weighted by Crippen LogP contribution is 1.85. The molecule has 0 radical (unpaired) electrons. The minimum absolute atomic E-state index is 0.0588.